The fraction of sp³-hybridized carbons (Fsp3) is 0. The van der Waals surface area contributed by atoms with Gasteiger partial charge in [-0.15, -0.1) is 0 Å². The molecule has 0 saturated heterocycles. The highest BCUT2D eigenvalue weighted by Gasteiger charge is 2.68. The van der Waals surface area contributed by atoms with Gasteiger partial charge in [-0.1, -0.05) is 0 Å². The highest BCUT2D eigenvalue weighted by atomic mass is 13.5. The van der Waals surface area contributed by atoms with Gasteiger partial charge in [0.05, 0.1) is 364 Å². The average Bonchev–Trinajstić information content (AvgIpc) is 3.33. The van der Waals surface area contributed by atoms with E-state index in [1.807, 2.05) is 0 Å². The summed E-state index contributed by atoms with van der Waals surface area (Å²) in [6.07, 6.45) is 24.6. The molecular weight excluding hydrogens is 1010 g/mol. The van der Waals surface area contributed by atoms with Crippen molar-refractivity contribution in [3.05, 3.63) is 0 Å². The molecule has 0 rings (SSSR count). The Balaban J connectivity index is 14.1. The van der Waals surface area contributed by atoms with Crippen molar-refractivity contribution in [2.45, 2.75) is 0 Å². The van der Waals surface area contributed by atoms with Crippen LogP contribution in [0, 0.1) is 0 Å². The Labute approximate surface area is 651 Å². The van der Waals surface area contributed by atoms with Gasteiger partial charge < -0.3 is 0 Å². The second-order valence-corrected chi connectivity index (χ2v) is 41.8. The number of hydrogen-bond acceptors (Lipinski definition) is 0. The lowest BCUT2D eigenvalue weighted by Crippen LogP contribution is -3.01. The highest BCUT2D eigenvalue weighted by Crippen LogP contribution is 2.30. The first-order valence-corrected chi connectivity index (χ1v) is 42.3. The van der Waals surface area contributed by atoms with Crippen molar-refractivity contribution in [2.24, 2.45) is 0 Å². The molecule has 0 aliphatic heterocycles. The van der Waals surface area contributed by atoms with E-state index < -0.39 is 0 Å². The summed E-state index contributed by atoms with van der Waals surface area (Å²) in [5.41, 5.74) is 0. The molecule has 0 aromatic rings. The molecule has 0 aromatic carbocycles. The van der Waals surface area contributed by atoms with Gasteiger partial charge in [0.2, 0.25) is 0 Å². The fourth-order valence-corrected chi connectivity index (χ4v) is 27.2. The third-order valence-corrected chi connectivity index (χ3v) is 27.6. The lowest BCUT2D eigenvalue weighted by Gasteiger charge is -2.62. The van der Waals surface area contributed by atoms with Crippen molar-refractivity contribution in [3.8, 4) is 0 Å². The SMILES string of the molecule is BBB(B(B)B)B(B(B(B)B)B(B)B)B(B(B(B(B)B)B(B)B)B(B(B)B)B(B)B)B(B(B(B(B(B)B)B(B)B)B(B(B)B)B(B)B)B(B(B(B)B)B(B)B)B(B(B)B)B(B)B)B(B(B(B(B)B)B(B)B)B(B(B)B)B(B)B)B(B(B(B)B)B(B)B)B(B(B)B)B(B)B. The van der Waals surface area contributed by atoms with Gasteiger partial charge >= 0.3 is 0 Å². The minimum absolute atomic E-state index is 0.456. The molecule has 0 fully saturated rings. The van der Waals surface area contributed by atoms with Crippen LogP contribution in [0.5, 0.6) is 0 Å². The first-order valence-electron chi connectivity index (χ1n) is 42.3. The van der Waals surface area contributed by atoms with E-state index >= 15 is 0 Å². The Hall–Kier alpha value is 6.04. The van der Waals surface area contributed by atoms with Gasteiger partial charge in [-0.3, -0.25) is 0 Å². The maximum Gasteiger partial charge on any atom is 0.0593 e. The van der Waals surface area contributed by atoms with E-state index in [-0.39, 0.29) is 0 Å². The molecule has 0 saturated carbocycles. The molecule has 93 heavy (non-hydrogen) atoms. The topological polar surface area (TPSA) is 0 Å². The molecule has 0 radical (unpaired) electrons. The van der Waals surface area contributed by atoms with Crippen LogP contribution < -0.4 is 0 Å². The summed E-state index contributed by atoms with van der Waals surface area (Å²) < 4.78 is 0. The van der Waals surface area contributed by atoms with Gasteiger partial charge in [0.1, 0.15) is 0 Å². The molecule has 0 spiro atoms. The molecule has 0 heterocycles. The van der Waals surface area contributed by atoms with Crippen LogP contribution in [0.4, 0.5) is 0 Å². The monoisotopic (exact) mass is 1120 g/mol. The molecule has 0 unspecified atom stereocenters. The lowest BCUT2D eigenvalue weighted by atomic mass is 8.19. The molecule has 93 heteroatoms. The van der Waals surface area contributed by atoms with Crippen LogP contribution in [-0.4, -0.2) is 658 Å². The van der Waals surface area contributed by atoms with Crippen molar-refractivity contribution in [1.29, 1.82) is 0 Å². The van der Waals surface area contributed by atoms with Crippen LogP contribution in [-0.2, 0) is 0 Å². The Morgan fingerprint density at radius 3 is 0.247 bits per heavy atom. The molecule has 0 atom stereocenters. The summed E-state index contributed by atoms with van der Waals surface area (Å²) in [6.45, 7) is 0. The molecule has 374 valence electrons. The molecule has 0 aromatic heterocycles. The van der Waals surface area contributed by atoms with Gasteiger partial charge in [-0.05, 0) is 0 Å². The standard InChI is InChI=1S/B93H95/c1-48-72(49(2)3)84(73(50(4)5)51(6)7)90(85(74(52(8)9)53(10)11)75(54(12)13)55(14)15)93(91(86(76(56(16)17)57(18)19)77(58(20)21)59(22)23)87(78(60(24)25)61(26)27)79(62(28)29)63(30)31)92(88(80(64(32)33)65(34)35)81(66(36)37)67(38)39)89(82(68(40)41)69(42)43)83(70(44)45)71(46)47/h48H,1-47H2. The van der Waals surface area contributed by atoms with Crippen LogP contribution in [0.2, 0.25) is 0 Å². The van der Waals surface area contributed by atoms with Gasteiger partial charge in [0, 0.05) is 294 Å². The third kappa shape index (κ3) is 26.7. The minimum atomic E-state index is 0.456. The van der Waals surface area contributed by atoms with Gasteiger partial charge in [-0.25, -0.2) is 0 Å². The zero-order valence-electron chi connectivity index (χ0n) is 73.7. The summed E-state index contributed by atoms with van der Waals surface area (Å²) in [6, 6.07) is 0. The van der Waals surface area contributed by atoms with E-state index in [9.17, 15) is 0 Å². The van der Waals surface area contributed by atoms with E-state index in [0.717, 1.165) is 0 Å². The molecule has 0 aliphatic carbocycles. The third-order valence-electron chi connectivity index (χ3n) is 27.6. The van der Waals surface area contributed by atoms with Crippen molar-refractivity contribution < 1.29 is 0 Å². The van der Waals surface area contributed by atoms with E-state index in [4.69, 9.17) is 0 Å². The smallest absolute Gasteiger partial charge is 0.000000388 e. The van der Waals surface area contributed by atoms with Crippen LogP contribution in [0.25, 0.3) is 0 Å². The predicted octanol–water partition coefficient (Wildman–Crippen LogP) is -60.8. The maximum atomic E-state index is 2.76. The van der Waals surface area contributed by atoms with Crippen molar-refractivity contribution >= 4 is 658 Å². The second-order valence-electron chi connectivity index (χ2n) is 41.8. The lowest BCUT2D eigenvalue weighted by molar-refractivity contribution is 3.13. The molecule has 0 aliphatic rings. The van der Waals surface area contributed by atoms with Crippen LogP contribution in [0.1, 0.15) is 0 Å². The predicted molar refractivity (Wildman–Crippen MR) is 668 cm³/mol. The van der Waals surface area contributed by atoms with E-state index in [1.165, 1.54) is 7.06 Å². The van der Waals surface area contributed by atoms with Crippen molar-refractivity contribution in [3.63, 3.8) is 0 Å². The largest absolute Gasteiger partial charge is 0.0593 e. The second kappa shape index (κ2) is 45.8. The summed E-state index contributed by atoms with van der Waals surface area (Å²) in [5, 5.41) is 0. The van der Waals surface area contributed by atoms with E-state index in [2.05, 4.69) is 364 Å². The minimum Gasteiger partial charge on any atom is 0.000000388 e. The molecule has 0 bridgehead atoms. The quantitative estimate of drug-likeness (QED) is 0.0533. The summed E-state index contributed by atoms with van der Waals surface area (Å²) in [5.74, 6) is 0. The van der Waals surface area contributed by atoms with E-state index in [1.54, 1.807) is 0 Å². The number of hydrogen-bond donors (Lipinski definition) is 0. The molecular formula is H95B93. The average molecular weight is 1100 g/mol. The van der Waals surface area contributed by atoms with Gasteiger partial charge in [0.15, 0.2) is 0 Å². The van der Waals surface area contributed by atoms with Gasteiger partial charge in [-0.2, -0.15) is 0 Å². The first-order chi connectivity index (χ1) is 42.3. The Kier molecular flexibility index (Phi) is 48.7. The van der Waals surface area contributed by atoms with Crippen LogP contribution >= 0.6 is 0 Å². The highest BCUT2D eigenvalue weighted by molar-refractivity contribution is 8.43. The van der Waals surface area contributed by atoms with Crippen LogP contribution in [0.15, 0.2) is 0 Å². The zero-order chi connectivity index (χ0) is 73.7. The van der Waals surface area contributed by atoms with Gasteiger partial charge in [0.25, 0.3) is 0 Å². The Morgan fingerprint density at radius 1 is 0.0968 bits per heavy atom. The summed E-state index contributed by atoms with van der Waals surface area (Å²) >= 11 is 0. The zero-order valence-corrected chi connectivity index (χ0v) is 73.7. The van der Waals surface area contributed by atoms with E-state index in [0.29, 0.717) is 287 Å². The normalized spacial score (nSPS) is 9.81. The molecule has 0 amide bonds. The van der Waals surface area contributed by atoms with Crippen molar-refractivity contribution in [2.75, 3.05) is 0 Å². The molecule has 0 nitrogen and oxygen atoms in total. The summed E-state index contributed by atoms with van der Waals surface area (Å²) in [4.78, 5) is 0. The first kappa shape index (κ1) is 99.0. The number of rotatable bonds is 45. The Morgan fingerprint density at radius 2 is 0.172 bits per heavy atom. The molecule has 0 N–H and O–H groups in total. The van der Waals surface area contributed by atoms with Crippen LogP contribution in [0.3, 0.4) is 0 Å². The fourth-order valence-electron chi connectivity index (χ4n) is 27.2. The summed E-state index contributed by atoms with van der Waals surface area (Å²) in [7, 11) is 131. The van der Waals surface area contributed by atoms with Crippen molar-refractivity contribution in [1.82, 2.24) is 0 Å². The Bertz CT molecular complexity index is 1510. The maximum absolute atomic E-state index is 2.76.